The molecule has 0 bridgehead atoms. The van der Waals surface area contributed by atoms with E-state index in [9.17, 15) is 5.11 Å². The van der Waals surface area contributed by atoms with E-state index >= 15 is 0 Å². The van der Waals surface area contributed by atoms with Gasteiger partial charge in [-0.1, -0.05) is 13.8 Å². The van der Waals surface area contributed by atoms with Gasteiger partial charge in [-0.15, -0.1) is 0 Å². The Hall–Kier alpha value is -0.100. The molecule has 0 heterocycles. The van der Waals surface area contributed by atoms with Crippen LogP contribution < -0.4 is 5.32 Å². The van der Waals surface area contributed by atoms with Gasteiger partial charge in [-0.25, -0.2) is 0 Å². The Labute approximate surface area is 132 Å². The van der Waals surface area contributed by atoms with Crippen LogP contribution in [0, 0.1) is 0 Å². The summed E-state index contributed by atoms with van der Waals surface area (Å²) in [6, 6.07) is 3.88. The number of hydrogen-bond donors (Lipinski definition) is 2. The van der Waals surface area contributed by atoms with E-state index in [0.717, 1.165) is 53.7 Å². The van der Waals surface area contributed by atoms with Gasteiger partial charge < -0.3 is 15.3 Å². The topological polar surface area (TPSA) is 35.5 Å². The molecule has 0 aliphatic heterocycles. The number of benzene rings is 1. The summed E-state index contributed by atoms with van der Waals surface area (Å²) >= 11 is 6.69. The predicted octanol–water partition coefficient (Wildman–Crippen LogP) is 3.74. The van der Waals surface area contributed by atoms with Crippen LogP contribution in [-0.2, 0) is 6.54 Å². The zero-order valence-electron chi connectivity index (χ0n) is 11.5. The van der Waals surface area contributed by atoms with Gasteiger partial charge in [-0.2, -0.15) is 0 Å². The quantitative estimate of drug-likeness (QED) is 0.660. The van der Waals surface area contributed by atoms with E-state index in [1.54, 1.807) is 0 Å². The molecule has 0 radical (unpaired) electrons. The van der Waals surface area contributed by atoms with E-state index in [-0.39, 0.29) is 5.75 Å². The average molecular weight is 394 g/mol. The Morgan fingerprint density at radius 2 is 1.74 bits per heavy atom. The number of phenols is 1. The largest absolute Gasteiger partial charge is 0.506 e. The minimum atomic E-state index is 0.255. The lowest BCUT2D eigenvalue weighted by Crippen LogP contribution is -2.27. The second-order valence-electron chi connectivity index (χ2n) is 4.47. The van der Waals surface area contributed by atoms with Crippen molar-refractivity contribution < 1.29 is 5.11 Å². The molecule has 0 saturated carbocycles. The lowest BCUT2D eigenvalue weighted by molar-refractivity contribution is 0.298. The summed E-state index contributed by atoms with van der Waals surface area (Å²) in [5, 5.41) is 13.1. The van der Waals surface area contributed by atoms with Crippen molar-refractivity contribution in [2.75, 3.05) is 26.2 Å². The Bertz CT molecular complexity index is 372. The van der Waals surface area contributed by atoms with Crippen molar-refractivity contribution in [3.8, 4) is 5.75 Å². The van der Waals surface area contributed by atoms with Gasteiger partial charge in [0.1, 0.15) is 5.75 Å². The molecule has 1 rings (SSSR count). The molecule has 0 saturated heterocycles. The molecule has 0 aliphatic carbocycles. The molecule has 1 aromatic carbocycles. The summed E-state index contributed by atoms with van der Waals surface area (Å²) in [5.41, 5.74) is 1.15. The van der Waals surface area contributed by atoms with E-state index in [2.05, 4.69) is 55.9 Å². The molecule has 3 nitrogen and oxygen atoms in total. The third-order valence-corrected chi connectivity index (χ3v) is 4.34. The SMILES string of the molecule is CCN(CC)CCCNCc1cc(Br)c(O)c(Br)c1. The molecule has 0 atom stereocenters. The molecule has 19 heavy (non-hydrogen) atoms. The molecule has 0 aliphatic rings. The van der Waals surface area contributed by atoms with Crippen LogP contribution in [-0.4, -0.2) is 36.2 Å². The van der Waals surface area contributed by atoms with Gasteiger partial charge in [-0.05, 0) is 82.2 Å². The zero-order valence-corrected chi connectivity index (χ0v) is 14.7. The Balaban J connectivity index is 2.30. The van der Waals surface area contributed by atoms with Crippen LogP contribution >= 0.6 is 31.9 Å². The summed E-state index contributed by atoms with van der Waals surface area (Å²) in [5.74, 6) is 0.255. The Kier molecular flexibility index (Phi) is 7.99. The maximum Gasteiger partial charge on any atom is 0.143 e. The van der Waals surface area contributed by atoms with Gasteiger partial charge in [0.05, 0.1) is 8.95 Å². The summed E-state index contributed by atoms with van der Waals surface area (Å²) < 4.78 is 1.45. The summed E-state index contributed by atoms with van der Waals surface area (Å²) in [7, 11) is 0. The molecule has 1 aromatic rings. The Morgan fingerprint density at radius 1 is 1.16 bits per heavy atom. The first-order chi connectivity index (χ1) is 9.08. The zero-order chi connectivity index (χ0) is 14.3. The minimum Gasteiger partial charge on any atom is -0.506 e. The number of halogens is 2. The lowest BCUT2D eigenvalue weighted by atomic mass is 10.2. The van der Waals surface area contributed by atoms with E-state index in [4.69, 9.17) is 0 Å². The van der Waals surface area contributed by atoms with Gasteiger partial charge in [-0.3, -0.25) is 0 Å². The van der Waals surface area contributed by atoms with Crippen LogP contribution in [0.2, 0.25) is 0 Å². The first-order valence-electron chi connectivity index (χ1n) is 6.68. The smallest absolute Gasteiger partial charge is 0.143 e. The van der Waals surface area contributed by atoms with Crippen molar-refractivity contribution >= 4 is 31.9 Å². The van der Waals surface area contributed by atoms with Crippen LogP contribution in [0.15, 0.2) is 21.1 Å². The minimum absolute atomic E-state index is 0.255. The number of aromatic hydroxyl groups is 1. The van der Waals surface area contributed by atoms with Gasteiger partial charge in [0.15, 0.2) is 0 Å². The standard InChI is InChI=1S/C14H22Br2N2O/c1-3-18(4-2)7-5-6-17-10-11-8-12(15)14(19)13(16)9-11/h8-9,17,19H,3-7,10H2,1-2H3. The highest BCUT2D eigenvalue weighted by Gasteiger charge is 2.05. The summed E-state index contributed by atoms with van der Waals surface area (Å²) in [6.45, 7) is 9.60. The number of phenolic OH excluding ortho intramolecular Hbond substituents is 1. The predicted molar refractivity (Wildman–Crippen MR) is 87.6 cm³/mol. The molecule has 2 N–H and O–H groups in total. The highest BCUT2D eigenvalue weighted by Crippen LogP contribution is 2.33. The average Bonchev–Trinajstić information content (AvgIpc) is 2.40. The fraction of sp³-hybridized carbons (Fsp3) is 0.571. The number of hydrogen-bond acceptors (Lipinski definition) is 3. The van der Waals surface area contributed by atoms with Gasteiger partial charge in [0.2, 0.25) is 0 Å². The third-order valence-electron chi connectivity index (χ3n) is 3.13. The fourth-order valence-corrected chi connectivity index (χ4v) is 3.20. The van der Waals surface area contributed by atoms with Gasteiger partial charge in [0.25, 0.3) is 0 Å². The van der Waals surface area contributed by atoms with Crippen molar-refractivity contribution in [1.82, 2.24) is 10.2 Å². The van der Waals surface area contributed by atoms with Crippen LogP contribution in [0.4, 0.5) is 0 Å². The van der Waals surface area contributed by atoms with Crippen LogP contribution in [0.1, 0.15) is 25.8 Å². The van der Waals surface area contributed by atoms with Crippen molar-refractivity contribution in [2.24, 2.45) is 0 Å². The van der Waals surface area contributed by atoms with Crippen molar-refractivity contribution in [3.05, 3.63) is 26.6 Å². The molecule has 0 fully saturated rings. The Morgan fingerprint density at radius 3 is 2.26 bits per heavy atom. The molecule has 0 amide bonds. The maximum atomic E-state index is 9.64. The normalized spacial score (nSPS) is 11.2. The molecule has 5 heteroatoms. The highest BCUT2D eigenvalue weighted by atomic mass is 79.9. The molecular weight excluding hydrogens is 372 g/mol. The van der Waals surface area contributed by atoms with Crippen molar-refractivity contribution in [1.29, 1.82) is 0 Å². The van der Waals surface area contributed by atoms with Gasteiger partial charge in [0, 0.05) is 6.54 Å². The van der Waals surface area contributed by atoms with E-state index < -0.39 is 0 Å². The monoisotopic (exact) mass is 392 g/mol. The van der Waals surface area contributed by atoms with E-state index in [0.29, 0.717) is 0 Å². The van der Waals surface area contributed by atoms with Gasteiger partial charge >= 0.3 is 0 Å². The molecule has 0 unspecified atom stereocenters. The number of nitrogens with one attached hydrogen (secondary N) is 1. The molecule has 108 valence electrons. The van der Waals surface area contributed by atoms with Crippen molar-refractivity contribution in [3.63, 3.8) is 0 Å². The molecule has 0 spiro atoms. The van der Waals surface area contributed by atoms with Crippen molar-refractivity contribution in [2.45, 2.75) is 26.8 Å². The first-order valence-corrected chi connectivity index (χ1v) is 8.27. The summed E-state index contributed by atoms with van der Waals surface area (Å²) in [4.78, 5) is 2.43. The number of nitrogens with zero attached hydrogens (tertiary/aromatic N) is 1. The second-order valence-corrected chi connectivity index (χ2v) is 6.17. The molecular formula is C14H22Br2N2O. The van der Waals surface area contributed by atoms with E-state index in [1.807, 2.05) is 12.1 Å². The summed E-state index contributed by atoms with van der Waals surface area (Å²) in [6.07, 6.45) is 1.15. The lowest BCUT2D eigenvalue weighted by Gasteiger charge is -2.17. The highest BCUT2D eigenvalue weighted by molar-refractivity contribution is 9.11. The maximum absolute atomic E-state index is 9.64. The van der Waals surface area contributed by atoms with Crippen LogP contribution in [0.3, 0.4) is 0 Å². The van der Waals surface area contributed by atoms with Crippen LogP contribution in [0.5, 0.6) is 5.75 Å². The second kappa shape index (κ2) is 8.95. The number of rotatable bonds is 8. The van der Waals surface area contributed by atoms with Crippen LogP contribution in [0.25, 0.3) is 0 Å². The fourth-order valence-electron chi connectivity index (χ4n) is 1.92. The first kappa shape index (κ1) is 17.0. The van der Waals surface area contributed by atoms with E-state index in [1.165, 1.54) is 0 Å². The third kappa shape index (κ3) is 5.81. The molecule has 0 aromatic heterocycles.